The van der Waals surface area contributed by atoms with E-state index in [0.717, 1.165) is 22.5 Å². The lowest BCUT2D eigenvalue weighted by molar-refractivity contribution is 0.0373. The Balaban J connectivity index is 1.67. The number of amides is 1. The highest BCUT2D eigenvalue weighted by Crippen LogP contribution is 2.29. The summed E-state index contributed by atoms with van der Waals surface area (Å²) in [6.07, 6.45) is 4.86. The molecule has 0 saturated heterocycles. The lowest BCUT2D eigenvalue weighted by Crippen LogP contribution is -2.50. The zero-order valence-electron chi connectivity index (χ0n) is 21.0. The molecule has 1 amide bonds. The van der Waals surface area contributed by atoms with Gasteiger partial charge in [-0.2, -0.15) is 4.31 Å². The van der Waals surface area contributed by atoms with Crippen molar-refractivity contribution in [1.82, 2.24) is 14.2 Å². The summed E-state index contributed by atoms with van der Waals surface area (Å²) >= 11 is 1.16. The van der Waals surface area contributed by atoms with E-state index in [-0.39, 0.29) is 40.6 Å². The number of nitrogens with zero attached hydrogens (tertiary/aromatic N) is 3. The largest absolute Gasteiger partial charge is 0.472 e. The maximum absolute atomic E-state index is 13.6. The summed E-state index contributed by atoms with van der Waals surface area (Å²) in [6, 6.07) is 14.3. The van der Waals surface area contributed by atoms with Gasteiger partial charge in [-0.15, -0.1) is 11.3 Å². The summed E-state index contributed by atoms with van der Waals surface area (Å²) in [5, 5.41) is 11.6. The maximum Gasteiger partial charge on any atom is 0.259 e. The molecular weight excluding hydrogens is 510 g/mol. The minimum atomic E-state index is -3.68. The first-order chi connectivity index (χ1) is 17.7. The van der Waals surface area contributed by atoms with Crippen LogP contribution in [-0.4, -0.2) is 72.5 Å². The molecule has 0 radical (unpaired) electrons. The Labute approximate surface area is 221 Å². The van der Waals surface area contributed by atoms with Gasteiger partial charge in [0.2, 0.25) is 5.88 Å². The lowest BCUT2D eigenvalue weighted by Gasteiger charge is -2.37. The molecule has 2 aromatic heterocycles. The molecule has 3 aromatic rings. The third kappa shape index (κ3) is 6.10. The molecule has 8 nitrogen and oxygen atoms in total. The van der Waals surface area contributed by atoms with Crippen molar-refractivity contribution in [1.29, 1.82) is 0 Å². The van der Waals surface area contributed by atoms with Crippen molar-refractivity contribution in [2.45, 2.75) is 30.2 Å². The van der Waals surface area contributed by atoms with Crippen molar-refractivity contribution in [3.8, 4) is 5.88 Å². The Hall–Kier alpha value is -3.05. The normalized spacial score (nSPS) is 19.4. The molecule has 10 heteroatoms. The Morgan fingerprint density at radius 2 is 1.95 bits per heavy atom. The summed E-state index contributed by atoms with van der Waals surface area (Å²) in [4.78, 5) is 19.6. The predicted molar refractivity (Wildman–Crippen MR) is 145 cm³/mol. The fraction of sp³-hybridized carbons (Fsp3) is 0.333. The van der Waals surface area contributed by atoms with E-state index in [9.17, 15) is 18.3 Å². The zero-order valence-corrected chi connectivity index (χ0v) is 22.7. The van der Waals surface area contributed by atoms with E-state index in [2.05, 4.69) is 4.98 Å². The summed E-state index contributed by atoms with van der Waals surface area (Å²) in [6.45, 7) is 3.85. The number of benzene rings is 1. The molecule has 37 heavy (non-hydrogen) atoms. The standard InChI is InChI=1S/C27H31N3O5S2/c1-19-16-30(20(2)18-31)27(32)23-14-22(12-11-21-8-5-4-6-9-21)15-28-26(23)35-24(19)17-29(3)37(33,34)25-10-7-13-36-25/h4-15,19-20,24,31H,16-18H2,1-3H3/b12-11+/t19-,20+,24+/m1/s1. The molecule has 0 spiro atoms. The van der Waals surface area contributed by atoms with Gasteiger partial charge in [-0.25, -0.2) is 13.4 Å². The van der Waals surface area contributed by atoms with Gasteiger partial charge in [0.15, 0.2) is 0 Å². The van der Waals surface area contributed by atoms with Crippen LogP contribution in [0, 0.1) is 5.92 Å². The molecular formula is C27H31N3O5S2. The van der Waals surface area contributed by atoms with E-state index in [1.54, 1.807) is 41.6 Å². The Morgan fingerprint density at radius 1 is 1.22 bits per heavy atom. The molecule has 1 aliphatic rings. The summed E-state index contributed by atoms with van der Waals surface area (Å²) in [7, 11) is -2.16. The van der Waals surface area contributed by atoms with Crippen LogP contribution in [-0.2, 0) is 10.0 Å². The number of likely N-dealkylation sites (N-methyl/N-ethyl adjacent to an activating group) is 1. The van der Waals surface area contributed by atoms with E-state index in [0.29, 0.717) is 6.54 Å². The van der Waals surface area contributed by atoms with Gasteiger partial charge in [-0.3, -0.25) is 4.79 Å². The summed E-state index contributed by atoms with van der Waals surface area (Å²) in [5.41, 5.74) is 2.01. The Morgan fingerprint density at radius 3 is 2.62 bits per heavy atom. The average Bonchev–Trinajstić information content (AvgIpc) is 3.46. The van der Waals surface area contributed by atoms with Gasteiger partial charge in [0.25, 0.3) is 15.9 Å². The molecule has 0 fully saturated rings. The fourth-order valence-corrected chi connectivity index (χ4v) is 6.48. The fourth-order valence-electron chi connectivity index (χ4n) is 4.10. The van der Waals surface area contributed by atoms with Crippen LogP contribution in [0.3, 0.4) is 0 Å². The molecule has 3 atom stereocenters. The van der Waals surface area contributed by atoms with Crippen LogP contribution < -0.4 is 4.74 Å². The second kappa shape index (κ2) is 11.6. The van der Waals surface area contributed by atoms with Crippen molar-refractivity contribution in [2.75, 3.05) is 26.7 Å². The molecule has 1 aliphatic heterocycles. The van der Waals surface area contributed by atoms with Crippen molar-refractivity contribution in [3.05, 3.63) is 76.8 Å². The first-order valence-corrected chi connectivity index (χ1v) is 14.3. The number of rotatable bonds is 8. The van der Waals surface area contributed by atoms with Gasteiger partial charge in [0.05, 0.1) is 19.2 Å². The third-order valence-corrected chi connectivity index (χ3v) is 9.60. The first kappa shape index (κ1) is 27.0. The number of carbonyl (C=O) groups is 1. The Bertz CT molecular complexity index is 1340. The highest BCUT2D eigenvalue weighted by molar-refractivity contribution is 7.91. The molecule has 0 saturated carbocycles. The van der Waals surface area contributed by atoms with Crippen LogP contribution in [0.4, 0.5) is 0 Å². The molecule has 1 aromatic carbocycles. The van der Waals surface area contributed by atoms with E-state index < -0.39 is 22.2 Å². The quantitative estimate of drug-likeness (QED) is 0.465. The number of hydrogen-bond donors (Lipinski definition) is 1. The van der Waals surface area contributed by atoms with E-state index >= 15 is 0 Å². The number of hydrogen-bond acceptors (Lipinski definition) is 7. The third-order valence-electron chi connectivity index (χ3n) is 6.41. The van der Waals surface area contributed by atoms with Crippen LogP contribution in [0.5, 0.6) is 5.88 Å². The topological polar surface area (TPSA) is 100 Å². The van der Waals surface area contributed by atoms with Crippen LogP contribution in [0.1, 0.15) is 35.3 Å². The first-order valence-electron chi connectivity index (χ1n) is 12.0. The highest BCUT2D eigenvalue weighted by Gasteiger charge is 2.36. The number of carbonyl (C=O) groups excluding carboxylic acids is 1. The van der Waals surface area contributed by atoms with Crippen LogP contribution in [0.25, 0.3) is 12.2 Å². The second-order valence-electron chi connectivity index (χ2n) is 9.21. The number of aliphatic hydroxyl groups excluding tert-OH is 1. The zero-order chi connectivity index (χ0) is 26.6. The van der Waals surface area contributed by atoms with Gasteiger partial charge >= 0.3 is 0 Å². The number of ether oxygens (including phenoxy) is 1. The van der Waals surface area contributed by atoms with Gasteiger partial charge in [0.1, 0.15) is 15.9 Å². The monoisotopic (exact) mass is 541 g/mol. The lowest BCUT2D eigenvalue weighted by atomic mass is 10.00. The van der Waals surface area contributed by atoms with Crippen molar-refractivity contribution >= 4 is 39.4 Å². The number of sulfonamides is 1. The summed E-state index contributed by atoms with van der Waals surface area (Å²) < 4.78 is 33.8. The van der Waals surface area contributed by atoms with Gasteiger partial charge in [0, 0.05) is 25.7 Å². The molecule has 0 aliphatic carbocycles. The summed E-state index contributed by atoms with van der Waals surface area (Å²) in [5.74, 6) is -0.370. The number of aromatic nitrogens is 1. The molecule has 0 bridgehead atoms. The number of pyridine rings is 1. The predicted octanol–water partition coefficient (Wildman–Crippen LogP) is 3.85. The average molecular weight is 542 g/mol. The van der Waals surface area contributed by atoms with E-state index in [1.165, 1.54) is 11.4 Å². The molecule has 4 rings (SSSR count). The van der Waals surface area contributed by atoms with Crippen LogP contribution in [0.15, 0.2) is 64.3 Å². The second-order valence-corrected chi connectivity index (χ2v) is 12.4. The van der Waals surface area contributed by atoms with Gasteiger partial charge in [-0.05, 0) is 35.6 Å². The smallest absolute Gasteiger partial charge is 0.259 e. The number of aliphatic hydroxyl groups is 1. The molecule has 196 valence electrons. The molecule has 0 unspecified atom stereocenters. The van der Waals surface area contributed by atoms with Crippen molar-refractivity contribution in [2.24, 2.45) is 5.92 Å². The molecule has 3 heterocycles. The minimum absolute atomic E-state index is 0.0771. The van der Waals surface area contributed by atoms with Crippen molar-refractivity contribution in [3.63, 3.8) is 0 Å². The highest BCUT2D eigenvalue weighted by atomic mass is 32.2. The SMILES string of the molecule is C[C@@H]1CN([C@@H](C)CO)C(=O)c2cc(/C=C/c3ccccc3)cnc2O[C@H]1CN(C)S(=O)(=O)c1cccs1. The van der Waals surface area contributed by atoms with Gasteiger partial charge in [-0.1, -0.05) is 55.5 Å². The maximum atomic E-state index is 13.6. The van der Waals surface area contributed by atoms with E-state index in [1.807, 2.05) is 49.4 Å². The Kier molecular flexibility index (Phi) is 8.43. The minimum Gasteiger partial charge on any atom is -0.472 e. The van der Waals surface area contributed by atoms with Crippen LogP contribution >= 0.6 is 11.3 Å². The van der Waals surface area contributed by atoms with Crippen LogP contribution in [0.2, 0.25) is 0 Å². The van der Waals surface area contributed by atoms with Gasteiger partial charge < -0.3 is 14.7 Å². The van der Waals surface area contributed by atoms with Crippen molar-refractivity contribution < 1.29 is 23.1 Å². The molecule has 1 N–H and O–H groups in total. The number of thiophene rings is 1. The van der Waals surface area contributed by atoms with E-state index in [4.69, 9.17) is 4.74 Å². The number of fused-ring (bicyclic) bond motifs is 1.